The molecule has 2 rings (SSSR count). The summed E-state index contributed by atoms with van der Waals surface area (Å²) in [6.45, 7) is 13.2. The van der Waals surface area contributed by atoms with Crippen molar-refractivity contribution in [2.45, 2.75) is 59.0 Å². The van der Waals surface area contributed by atoms with Gasteiger partial charge in [-0.3, -0.25) is 4.90 Å². The highest BCUT2D eigenvalue weighted by molar-refractivity contribution is 4.97. The Balaban J connectivity index is 1.98. The molecule has 16 heavy (non-hydrogen) atoms. The zero-order valence-corrected chi connectivity index (χ0v) is 11.4. The van der Waals surface area contributed by atoms with Gasteiger partial charge in [-0.15, -0.1) is 0 Å². The number of nitrogens with zero attached hydrogens (tertiary/aromatic N) is 1. The van der Waals surface area contributed by atoms with Crippen LogP contribution in [-0.2, 0) is 0 Å². The lowest BCUT2D eigenvalue weighted by Gasteiger charge is -2.46. The van der Waals surface area contributed by atoms with E-state index in [4.69, 9.17) is 0 Å². The Morgan fingerprint density at radius 1 is 1.25 bits per heavy atom. The first-order chi connectivity index (χ1) is 7.52. The summed E-state index contributed by atoms with van der Waals surface area (Å²) in [5.41, 5.74) is 0.399. The van der Waals surface area contributed by atoms with Crippen molar-refractivity contribution in [3.8, 4) is 0 Å². The lowest BCUT2D eigenvalue weighted by Crippen LogP contribution is -2.61. The molecule has 0 aromatic rings. The van der Waals surface area contributed by atoms with Gasteiger partial charge in [0.25, 0.3) is 0 Å². The molecule has 2 aliphatic rings. The van der Waals surface area contributed by atoms with E-state index >= 15 is 0 Å². The molecule has 1 saturated carbocycles. The average molecular weight is 224 g/mol. The summed E-state index contributed by atoms with van der Waals surface area (Å²) >= 11 is 0. The van der Waals surface area contributed by atoms with E-state index in [0.29, 0.717) is 11.5 Å². The van der Waals surface area contributed by atoms with Crippen LogP contribution in [0.3, 0.4) is 0 Å². The summed E-state index contributed by atoms with van der Waals surface area (Å²) in [6, 6.07) is 1.49. The Morgan fingerprint density at radius 3 is 2.44 bits per heavy atom. The van der Waals surface area contributed by atoms with Crippen molar-refractivity contribution in [2.75, 3.05) is 19.6 Å². The first kappa shape index (κ1) is 12.4. The summed E-state index contributed by atoms with van der Waals surface area (Å²) < 4.78 is 0. The van der Waals surface area contributed by atoms with Crippen LogP contribution < -0.4 is 5.32 Å². The molecule has 0 bridgehead atoms. The SMILES string of the molecule is CCCN1CC(C2CC2)NCC1C(C)(C)C. The smallest absolute Gasteiger partial charge is 0.0269 e. The predicted octanol–water partition coefficient (Wildman–Crippen LogP) is 2.49. The van der Waals surface area contributed by atoms with Crippen molar-refractivity contribution in [1.29, 1.82) is 0 Å². The summed E-state index contributed by atoms with van der Waals surface area (Å²) in [6.07, 6.45) is 4.19. The van der Waals surface area contributed by atoms with Crippen LogP contribution in [-0.4, -0.2) is 36.6 Å². The highest BCUT2D eigenvalue weighted by Gasteiger charge is 2.40. The first-order valence-electron chi connectivity index (χ1n) is 6.99. The van der Waals surface area contributed by atoms with Gasteiger partial charge in [0.2, 0.25) is 0 Å². The zero-order valence-electron chi connectivity index (χ0n) is 11.4. The fraction of sp³-hybridized carbons (Fsp3) is 1.00. The fourth-order valence-electron chi connectivity index (χ4n) is 3.04. The third-order valence-corrected chi connectivity index (χ3v) is 4.15. The van der Waals surface area contributed by atoms with Gasteiger partial charge < -0.3 is 5.32 Å². The standard InChI is InChI=1S/C14H28N2/c1-5-8-16-10-12(11-6-7-11)15-9-13(16)14(2,3)4/h11-13,15H,5-10H2,1-4H3. The van der Waals surface area contributed by atoms with Crippen LogP contribution in [0.4, 0.5) is 0 Å². The van der Waals surface area contributed by atoms with Crippen molar-refractivity contribution in [1.82, 2.24) is 10.2 Å². The molecule has 0 aromatic heterocycles. The molecule has 2 unspecified atom stereocenters. The molecular weight excluding hydrogens is 196 g/mol. The molecule has 2 nitrogen and oxygen atoms in total. The van der Waals surface area contributed by atoms with E-state index in [0.717, 1.165) is 12.0 Å². The second-order valence-corrected chi connectivity index (χ2v) is 6.73. The molecule has 2 fully saturated rings. The van der Waals surface area contributed by atoms with Crippen LogP contribution in [0, 0.1) is 11.3 Å². The molecule has 1 heterocycles. The third-order valence-electron chi connectivity index (χ3n) is 4.15. The maximum Gasteiger partial charge on any atom is 0.0269 e. The van der Waals surface area contributed by atoms with Gasteiger partial charge in [-0.1, -0.05) is 27.7 Å². The van der Waals surface area contributed by atoms with Crippen molar-refractivity contribution in [3.05, 3.63) is 0 Å². The maximum atomic E-state index is 3.78. The van der Waals surface area contributed by atoms with Crippen molar-refractivity contribution < 1.29 is 0 Å². The minimum atomic E-state index is 0.399. The molecule has 1 saturated heterocycles. The first-order valence-corrected chi connectivity index (χ1v) is 6.99. The molecule has 1 N–H and O–H groups in total. The van der Waals surface area contributed by atoms with Gasteiger partial charge in [-0.25, -0.2) is 0 Å². The molecule has 0 aromatic carbocycles. The zero-order chi connectivity index (χ0) is 11.8. The Bertz CT molecular complexity index is 227. The van der Waals surface area contributed by atoms with Gasteiger partial charge in [0.15, 0.2) is 0 Å². The van der Waals surface area contributed by atoms with Crippen LogP contribution in [0.25, 0.3) is 0 Å². The largest absolute Gasteiger partial charge is 0.311 e. The van der Waals surface area contributed by atoms with Crippen molar-refractivity contribution in [3.63, 3.8) is 0 Å². The van der Waals surface area contributed by atoms with Crippen LogP contribution >= 0.6 is 0 Å². The molecule has 2 atom stereocenters. The monoisotopic (exact) mass is 224 g/mol. The second-order valence-electron chi connectivity index (χ2n) is 6.73. The number of piperazine rings is 1. The predicted molar refractivity (Wildman–Crippen MR) is 69.6 cm³/mol. The maximum absolute atomic E-state index is 3.78. The number of nitrogens with one attached hydrogen (secondary N) is 1. The Hall–Kier alpha value is -0.0800. The highest BCUT2D eigenvalue weighted by Crippen LogP contribution is 2.36. The minimum Gasteiger partial charge on any atom is -0.311 e. The molecule has 0 amide bonds. The van der Waals surface area contributed by atoms with Gasteiger partial charge in [0.1, 0.15) is 0 Å². The number of rotatable bonds is 3. The van der Waals surface area contributed by atoms with E-state index in [9.17, 15) is 0 Å². The summed E-state index contributed by atoms with van der Waals surface area (Å²) in [5.74, 6) is 0.986. The van der Waals surface area contributed by atoms with E-state index in [1.165, 1.54) is 38.9 Å². The van der Waals surface area contributed by atoms with Gasteiger partial charge in [-0.2, -0.15) is 0 Å². The van der Waals surface area contributed by atoms with E-state index in [-0.39, 0.29) is 0 Å². The average Bonchev–Trinajstić information content (AvgIpc) is 2.99. The van der Waals surface area contributed by atoms with E-state index in [2.05, 4.69) is 37.9 Å². The Morgan fingerprint density at radius 2 is 1.94 bits per heavy atom. The third kappa shape index (κ3) is 2.78. The number of hydrogen-bond acceptors (Lipinski definition) is 2. The topological polar surface area (TPSA) is 15.3 Å². The van der Waals surface area contributed by atoms with Crippen LogP contribution in [0.2, 0.25) is 0 Å². The lowest BCUT2D eigenvalue weighted by molar-refractivity contribution is 0.0514. The molecule has 94 valence electrons. The highest BCUT2D eigenvalue weighted by atomic mass is 15.2. The molecular formula is C14H28N2. The fourth-order valence-corrected chi connectivity index (χ4v) is 3.04. The molecule has 0 radical (unpaired) electrons. The Labute approximate surface area is 101 Å². The van der Waals surface area contributed by atoms with E-state index < -0.39 is 0 Å². The van der Waals surface area contributed by atoms with E-state index in [1.807, 2.05) is 0 Å². The summed E-state index contributed by atoms with van der Waals surface area (Å²) in [5, 5.41) is 3.78. The molecule has 2 heteroatoms. The van der Waals surface area contributed by atoms with E-state index in [1.54, 1.807) is 0 Å². The lowest BCUT2D eigenvalue weighted by atomic mass is 9.83. The van der Waals surface area contributed by atoms with Crippen LogP contribution in [0.1, 0.15) is 47.0 Å². The van der Waals surface area contributed by atoms with Crippen LogP contribution in [0.5, 0.6) is 0 Å². The van der Waals surface area contributed by atoms with Gasteiger partial charge >= 0.3 is 0 Å². The van der Waals surface area contributed by atoms with Gasteiger partial charge in [0, 0.05) is 25.2 Å². The summed E-state index contributed by atoms with van der Waals surface area (Å²) in [7, 11) is 0. The van der Waals surface area contributed by atoms with Crippen molar-refractivity contribution >= 4 is 0 Å². The van der Waals surface area contributed by atoms with Crippen molar-refractivity contribution in [2.24, 2.45) is 11.3 Å². The minimum absolute atomic E-state index is 0.399. The van der Waals surface area contributed by atoms with Gasteiger partial charge in [-0.05, 0) is 37.1 Å². The normalized spacial score (nSPS) is 33.0. The number of hydrogen-bond donors (Lipinski definition) is 1. The van der Waals surface area contributed by atoms with Gasteiger partial charge in [0.05, 0.1) is 0 Å². The van der Waals surface area contributed by atoms with Crippen LogP contribution in [0.15, 0.2) is 0 Å². The quantitative estimate of drug-likeness (QED) is 0.792. The second kappa shape index (κ2) is 4.66. The molecule has 1 aliphatic carbocycles. The molecule has 1 aliphatic heterocycles. The molecule has 0 spiro atoms. The Kier molecular flexibility index (Phi) is 3.60. The summed E-state index contributed by atoms with van der Waals surface area (Å²) in [4.78, 5) is 2.74.